The molecule has 1 aromatic heterocycles. The zero-order chi connectivity index (χ0) is 20.9. The summed E-state index contributed by atoms with van der Waals surface area (Å²) in [4.78, 5) is 23.2. The van der Waals surface area contributed by atoms with Crippen LogP contribution in [-0.4, -0.2) is 47.7 Å². The minimum absolute atomic E-state index is 0.287. The van der Waals surface area contributed by atoms with E-state index in [1.165, 1.54) is 15.2 Å². The molecule has 0 bridgehead atoms. The molecule has 4 rings (SSSR count). The van der Waals surface area contributed by atoms with Crippen molar-refractivity contribution < 1.29 is 4.79 Å². The minimum Gasteiger partial charge on any atom is -0.345 e. The van der Waals surface area contributed by atoms with Gasteiger partial charge in [0.15, 0.2) is 5.13 Å². The summed E-state index contributed by atoms with van der Waals surface area (Å²) in [6, 6.07) is 16.9. The van der Waals surface area contributed by atoms with Crippen LogP contribution in [-0.2, 0) is 4.79 Å². The molecular weight excluding hydrogens is 410 g/mol. The van der Waals surface area contributed by atoms with Crippen LogP contribution in [0.15, 0.2) is 53.4 Å². The Morgan fingerprint density at radius 3 is 2.57 bits per heavy atom. The van der Waals surface area contributed by atoms with Gasteiger partial charge in [-0.25, -0.2) is 4.98 Å². The Morgan fingerprint density at radius 1 is 1.07 bits per heavy atom. The van der Waals surface area contributed by atoms with E-state index < -0.39 is 0 Å². The largest absolute Gasteiger partial charge is 0.345 e. The highest BCUT2D eigenvalue weighted by Crippen LogP contribution is 2.33. The van der Waals surface area contributed by atoms with Crippen LogP contribution >= 0.6 is 23.1 Å². The fourth-order valence-electron chi connectivity index (χ4n) is 3.79. The number of aromatic nitrogens is 1. The molecule has 0 unspecified atom stereocenters. The Kier molecular flexibility index (Phi) is 6.95. The predicted octanol–water partition coefficient (Wildman–Crippen LogP) is 5.64. The number of benzene rings is 2. The Hall–Kier alpha value is -2.05. The summed E-state index contributed by atoms with van der Waals surface area (Å²) in [5, 5.41) is 1.09. The van der Waals surface area contributed by atoms with Crippen molar-refractivity contribution in [1.29, 1.82) is 0 Å². The first kappa shape index (κ1) is 21.2. The first-order valence-corrected chi connectivity index (χ1v) is 12.5. The zero-order valence-electron chi connectivity index (χ0n) is 17.7. The van der Waals surface area contributed by atoms with Crippen molar-refractivity contribution in [2.24, 2.45) is 0 Å². The number of hydrogen-bond acceptors (Lipinski definition) is 5. The first-order valence-electron chi connectivity index (χ1n) is 10.7. The average molecular weight is 440 g/mol. The summed E-state index contributed by atoms with van der Waals surface area (Å²) in [7, 11) is 0. The first-order chi connectivity index (χ1) is 14.6. The number of thioether (sulfide) groups is 1. The lowest BCUT2D eigenvalue weighted by Crippen LogP contribution is -2.48. The minimum atomic E-state index is 0.287. The van der Waals surface area contributed by atoms with E-state index in [1.807, 2.05) is 22.7 Å². The Balaban J connectivity index is 1.27. The number of carbonyl (C=O) groups is 1. The number of para-hydroxylation sites is 1. The molecular formula is C24H29N3OS2. The van der Waals surface area contributed by atoms with Gasteiger partial charge in [0.1, 0.15) is 0 Å². The molecule has 0 radical (unpaired) electrons. The number of anilines is 1. The summed E-state index contributed by atoms with van der Waals surface area (Å²) < 4.78 is 1.26. The molecule has 2 aromatic carbocycles. The molecule has 0 aliphatic carbocycles. The Morgan fingerprint density at radius 2 is 1.83 bits per heavy atom. The molecule has 3 aromatic rings. The van der Waals surface area contributed by atoms with Gasteiger partial charge in [-0.1, -0.05) is 55.5 Å². The van der Waals surface area contributed by atoms with Gasteiger partial charge in [0.2, 0.25) is 5.91 Å². The third-order valence-corrected chi connectivity index (χ3v) is 7.69. The molecule has 158 valence electrons. The summed E-state index contributed by atoms with van der Waals surface area (Å²) >= 11 is 3.59. The standard InChI is InChI=1S/C24H29N3OS2/c1-18(2)20-10-6-11-21-23(20)25-24(30-21)27-15-13-26(14-16-27)22(28)12-7-17-29-19-8-4-3-5-9-19/h3-6,8-11,18H,7,12-17H2,1-2H3. The molecule has 0 saturated carbocycles. The van der Waals surface area contributed by atoms with Gasteiger partial charge in [0.05, 0.1) is 10.2 Å². The SMILES string of the molecule is CC(C)c1cccc2sc(N3CCN(C(=O)CCCSc4ccccc4)CC3)nc12. The number of hydrogen-bond donors (Lipinski definition) is 0. The molecule has 0 atom stereocenters. The van der Waals surface area contributed by atoms with Crippen LogP contribution in [0.5, 0.6) is 0 Å². The van der Waals surface area contributed by atoms with Gasteiger partial charge in [0, 0.05) is 37.5 Å². The van der Waals surface area contributed by atoms with Crippen LogP contribution in [0.2, 0.25) is 0 Å². The third kappa shape index (κ3) is 4.98. The van der Waals surface area contributed by atoms with E-state index in [4.69, 9.17) is 4.98 Å². The molecule has 1 fully saturated rings. The van der Waals surface area contributed by atoms with Crippen molar-refractivity contribution in [3.63, 3.8) is 0 Å². The van der Waals surface area contributed by atoms with Crippen LogP contribution < -0.4 is 4.90 Å². The number of fused-ring (bicyclic) bond motifs is 1. The maximum Gasteiger partial charge on any atom is 0.222 e. The van der Waals surface area contributed by atoms with Gasteiger partial charge in [-0.05, 0) is 41.9 Å². The normalized spacial score (nSPS) is 14.6. The molecule has 1 saturated heterocycles. The number of thiazole rings is 1. The molecule has 1 aliphatic rings. The quantitative estimate of drug-likeness (QED) is 0.353. The van der Waals surface area contributed by atoms with Crippen molar-refractivity contribution in [3.05, 3.63) is 54.1 Å². The van der Waals surface area contributed by atoms with Gasteiger partial charge in [-0.3, -0.25) is 4.79 Å². The lowest BCUT2D eigenvalue weighted by atomic mass is 10.0. The van der Waals surface area contributed by atoms with Gasteiger partial charge in [0.25, 0.3) is 0 Å². The second kappa shape index (κ2) is 9.84. The lowest BCUT2D eigenvalue weighted by Gasteiger charge is -2.34. The van der Waals surface area contributed by atoms with Crippen molar-refractivity contribution in [3.8, 4) is 0 Å². The molecule has 0 N–H and O–H groups in total. The highest BCUT2D eigenvalue weighted by Gasteiger charge is 2.23. The predicted molar refractivity (Wildman–Crippen MR) is 129 cm³/mol. The van der Waals surface area contributed by atoms with Gasteiger partial charge in [-0.15, -0.1) is 11.8 Å². The van der Waals surface area contributed by atoms with Crippen LogP contribution in [0.4, 0.5) is 5.13 Å². The van der Waals surface area contributed by atoms with Crippen molar-refractivity contribution in [2.45, 2.75) is 37.5 Å². The lowest BCUT2D eigenvalue weighted by molar-refractivity contribution is -0.131. The highest BCUT2D eigenvalue weighted by molar-refractivity contribution is 7.99. The molecule has 1 amide bonds. The van der Waals surface area contributed by atoms with E-state index in [1.54, 1.807) is 11.3 Å². The highest BCUT2D eigenvalue weighted by atomic mass is 32.2. The third-order valence-electron chi connectivity index (χ3n) is 5.51. The molecule has 6 heteroatoms. The second-order valence-electron chi connectivity index (χ2n) is 7.98. The number of carbonyl (C=O) groups excluding carboxylic acids is 1. The molecule has 30 heavy (non-hydrogen) atoms. The Bertz CT molecular complexity index is 979. The topological polar surface area (TPSA) is 36.4 Å². The van der Waals surface area contributed by atoms with E-state index in [-0.39, 0.29) is 5.91 Å². The summed E-state index contributed by atoms with van der Waals surface area (Å²) in [6.07, 6.45) is 1.56. The summed E-state index contributed by atoms with van der Waals surface area (Å²) in [5.74, 6) is 1.74. The van der Waals surface area contributed by atoms with Gasteiger partial charge < -0.3 is 9.80 Å². The maximum atomic E-state index is 12.6. The van der Waals surface area contributed by atoms with E-state index in [0.29, 0.717) is 12.3 Å². The maximum absolute atomic E-state index is 12.6. The van der Waals surface area contributed by atoms with Crippen molar-refractivity contribution in [2.75, 3.05) is 36.8 Å². The average Bonchev–Trinajstić information content (AvgIpc) is 3.21. The number of rotatable bonds is 7. The van der Waals surface area contributed by atoms with Crippen molar-refractivity contribution >= 4 is 44.4 Å². The monoisotopic (exact) mass is 439 g/mol. The van der Waals surface area contributed by atoms with Crippen LogP contribution in [0.3, 0.4) is 0 Å². The van der Waals surface area contributed by atoms with E-state index in [0.717, 1.165) is 49.0 Å². The summed E-state index contributed by atoms with van der Waals surface area (Å²) in [5.41, 5.74) is 2.46. The molecule has 0 spiro atoms. The number of piperazine rings is 1. The molecule has 2 heterocycles. The van der Waals surface area contributed by atoms with Gasteiger partial charge >= 0.3 is 0 Å². The number of amides is 1. The molecule has 4 nitrogen and oxygen atoms in total. The van der Waals surface area contributed by atoms with Crippen LogP contribution in [0.25, 0.3) is 10.2 Å². The fraction of sp³-hybridized carbons (Fsp3) is 0.417. The van der Waals surface area contributed by atoms with Gasteiger partial charge in [-0.2, -0.15) is 0 Å². The summed E-state index contributed by atoms with van der Waals surface area (Å²) in [6.45, 7) is 7.74. The van der Waals surface area contributed by atoms with Crippen molar-refractivity contribution in [1.82, 2.24) is 9.88 Å². The zero-order valence-corrected chi connectivity index (χ0v) is 19.3. The van der Waals surface area contributed by atoms with E-state index in [2.05, 4.69) is 61.2 Å². The smallest absolute Gasteiger partial charge is 0.222 e. The second-order valence-corrected chi connectivity index (χ2v) is 10.2. The van der Waals surface area contributed by atoms with E-state index >= 15 is 0 Å². The Labute approximate surface area is 187 Å². The molecule has 1 aliphatic heterocycles. The van der Waals surface area contributed by atoms with E-state index in [9.17, 15) is 4.79 Å². The van der Waals surface area contributed by atoms with Crippen LogP contribution in [0.1, 0.15) is 38.2 Å². The fourth-order valence-corrected chi connectivity index (χ4v) is 5.72. The number of nitrogens with zero attached hydrogens (tertiary/aromatic N) is 3. The van der Waals surface area contributed by atoms with Crippen LogP contribution in [0, 0.1) is 0 Å².